The van der Waals surface area contributed by atoms with E-state index in [1.165, 1.54) is 0 Å². The fourth-order valence-electron chi connectivity index (χ4n) is 3.35. The van der Waals surface area contributed by atoms with Crippen molar-refractivity contribution in [2.45, 2.75) is 13.0 Å². The van der Waals surface area contributed by atoms with Gasteiger partial charge in [-0.2, -0.15) is 5.26 Å². The van der Waals surface area contributed by atoms with E-state index in [2.05, 4.69) is 21.0 Å². The van der Waals surface area contributed by atoms with Crippen molar-refractivity contribution in [3.8, 4) is 17.2 Å². The molecular formula is C22H18ClN5O. The highest BCUT2D eigenvalue weighted by atomic mass is 35.5. The van der Waals surface area contributed by atoms with Gasteiger partial charge in [0.05, 0.1) is 17.5 Å². The van der Waals surface area contributed by atoms with Crippen LogP contribution in [0.5, 0.6) is 0 Å². The SMILES string of the molecule is N#CCCN(Cc1ccccc1)C(=O)c1cc(-c2c(Cl)cnc3[nH]ccc23)c[nH]1. The first-order valence-electron chi connectivity index (χ1n) is 9.18. The Hall–Kier alpha value is -3.56. The van der Waals surface area contributed by atoms with Crippen molar-refractivity contribution in [2.75, 3.05) is 6.54 Å². The van der Waals surface area contributed by atoms with Crippen LogP contribution in [0.1, 0.15) is 22.5 Å². The van der Waals surface area contributed by atoms with Crippen LogP contribution in [0, 0.1) is 11.3 Å². The van der Waals surface area contributed by atoms with Gasteiger partial charge in [0.2, 0.25) is 0 Å². The topological polar surface area (TPSA) is 88.6 Å². The van der Waals surface area contributed by atoms with Crippen molar-refractivity contribution in [1.29, 1.82) is 5.26 Å². The average molecular weight is 404 g/mol. The predicted octanol–water partition coefficient (Wildman–Crippen LogP) is 4.77. The molecule has 3 heterocycles. The Morgan fingerprint density at radius 1 is 1.21 bits per heavy atom. The normalized spacial score (nSPS) is 10.8. The number of nitrogens with one attached hydrogen (secondary N) is 2. The highest BCUT2D eigenvalue weighted by molar-refractivity contribution is 6.34. The van der Waals surface area contributed by atoms with Crippen LogP contribution >= 0.6 is 11.6 Å². The van der Waals surface area contributed by atoms with E-state index in [1.54, 1.807) is 29.6 Å². The van der Waals surface area contributed by atoms with E-state index in [4.69, 9.17) is 16.9 Å². The summed E-state index contributed by atoms with van der Waals surface area (Å²) in [5, 5.41) is 10.4. The van der Waals surface area contributed by atoms with E-state index in [1.807, 2.05) is 36.4 Å². The number of H-pyrrole nitrogens is 2. The Morgan fingerprint density at radius 3 is 2.83 bits per heavy atom. The van der Waals surface area contributed by atoms with Gasteiger partial charge in [0.25, 0.3) is 5.91 Å². The number of benzene rings is 1. The number of hydrogen-bond acceptors (Lipinski definition) is 3. The molecule has 0 atom stereocenters. The lowest BCUT2D eigenvalue weighted by Crippen LogP contribution is -2.31. The third-order valence-electron chi connectivity index (χ3n) is 4.74. The summed E-state index contributed by atoms with van der Waals surface area (Å²) in [5.74, 6) is -0.161. The largest absolute Gasteiger partial charge is 0.357 e. The van der Waals surface area contributed by atoms with Crippen molar-refractivity contribution in [3.05, 3.63) is 77.3 Å². The molecule has 0 saturated carbocycles. The van der Waals surface area contributed by atoms with Gasteiger partial charge in [-0.05, 0) is 17.7 Å². The van der Waals surface area contributed by atoms with Gasteiger partial charge in [0.15, 0.2) is 0 Å². The maximum atomic E-state index is 13.1. The number of nitriles is 1. The van der Waals surface area contributed by atoms with E-state index < -0.39 is 0 Å². The van der Waals surface area contributed by atoms with Gasteiger partial charge in [-0.25, -0.2) is 4.98 Å². The average Bonchev–Trinajstić information content (AvgIpc) is 3.41. The molecule has 1 amide bonds. The molecule has 3 aromatic heterocycles. The van der Waals surface area contributed by atoms with Gasteiger partial charge in [-0.15, -0.1) is 0 Å². The number of amides is 1. The Kier molecular flexibility index (Phi) is 5.32. The number of carbonyl (C=O) groups is 1. The second-order valence-electron chi connectivity index (χ2n) is 6.64. The second-order valence-corrected chi connectivity index (χ2v) is 7.05. The number of aromatic amines is 2. The summed E-state index contributed by atoms with van der Waals surface area (Å²) < 4.78 is 0. The smallest absolute Gasteiger partial charge is 0.270 e. The number of pyridine rings is 1. The molecule has 2 N–H and O–H groups in total. The van der Waals surface area contributed by atoms with Crippen LogP contribution in [0.25, 0.3) is 22.2 Å². The maximum absolute atomic E-state index is 13.1. The molecule has 144 valence electrons. The van der Waals surface area contributed by atoms with Gasteiger partial charge in [0, 0.05) is 48.2 Å². The summed E-state index contributed by atoms with van der Waals surface area (Å²) in [6.45, 7) is 0.796. The molecule has 0 radical (unpaired) electrons. The number of fused-ring (bicyclic) bond motifs is 1. The van der Waals surface area contributed by atoms with E-state index >= 15 is 0 Å². The second kappa shape index (κ2) is 8.21. The molecule has 6 nitrogen and oxygen atoms in total. The van der Waals surface area contributed by atoms with Gasteiger partial charge in [-0.1, -0.05) is 41.9 Å². The molecule has 4 aromatic rings. The lowest BCUT2D eigenvalue weighted by Gasteiger charge is -2.21. The van der Waals surface area contributed by atoms with Crippen molar-refractivity contribution in [3.63, 3.8) is 0 Å². The molecule has 0 fully saturated rings. The first-order chi connectivity index (χ1) is 14.2. The molecule has 4 rings (SSSR count). The van der Waals surface area contributed by atoms with Gasteiger partial charge in [0.1, 0.15) is 11.3 Å². The first-order valence-corrected chi connectivity index (χ1v) is 9.55. The number of nitrogens with zero attached hydrogens (tertiary/aromatic N) is 3. The monoisotopic (exact) mass is 403 g/mol. The third-order valence-corrected chi connectivity index (χ3v) is 5.03. The predicted molar refractivity (Wildman–Crippen MR) is 112 cm³/mol. The molecule has 0 aliphatic rings. The van der Waals surface area contributed by atoms with Crippen molar-refractivity contribution < 1.29 is 4.79 Å². The number of halogens is 1. The van der Waals surface area contributed by atoms with Crippen molar-refractivity contribution in [1.82, 2.24) is 19.9 Å². The van der Waals surface area contributed by atoms with Crippen LogP contribution in [0.2, 0.25) is 5.02 Å². The molecule has 0 unspecified atom stereocenters. The molecule has 0 aliphatic heterocycles. The van der Waals surface area contributed by atoms with Crippen molar-refractivity contribution >= 4 is 28.5 Å². The van der Waals surface area contributed by atoms with E-state index in [0.29, 0.717) is 23.8 Å². The minimum Gasteiger partial charge on any atom is -0.357 e. The summed E-state index contributed by atoms with van der Waals surface area (Å²) in [6.07, 6.45) is 5.44. The molecular weight excluding hydrogens is 386 g/mol. The molecule has 0 saturated heterocycles. The zero-order valence-corrected chi connectivity index (χ0v) is 16.3. The van der Waals surface area contributed by atoms with E-state index in [-0.39, 0.29) is 12.3 Å². The van der Waals surface area contributed by atoms with Gasteiger partial charge >= 0.3 is 0 Å². The first kappa shape index (κ1) is 18.8. The maximum Gasteiger partial charge on any atom is 0.270 e. The molecule has 0 aliphatic carbocycles. The molecule has 7 heteroatoms. The molecule has 29 heavy (non-hydrogen) atoms. The lowest BCUT2D eigenvalue weighted by atomic mass is 10.1. The summed E-state index contributed by atoms with van der Waals surface area (Å²) >= 11 is 6.40. The lowest BCUT2D eigenvalue weighted by molar-refractivity contribution is 0.0741. The van der Waals surface area contributed by atoms with Crippen LogP contribution in [-0.4, -0.2) is 32.3 Å². The van der Waals surface area contributed by atoms with Crippen LogP contribution in [0.15, 0.2) is 61.1 Å². The Morgan fingerprint density at radius 2 is 2.03 bits per heavy atom. The van der Waals surface area contributed by atoms with Gasteiger partial charge < -0.3 is 14.9 Å². The van der Waals surface area contributed by atoms with Gasteiger partial charge in [-0.3, -0.25) is 4.79 Å². The van der Waals surface area contributed by atoms with Crippen LogP contribution in [-0.2, 0) is 6.54 Å². The number of rotatable bonds is 6. The fourth-order valence-corrected chi connectivity index (χ4v) is 3.61. The van der Waals surface area contributed by atoms with Crippen LogP contribution in [0.3, 0.4) is 0 Å². The minimum absolute atomic E-state index is 0.161. The van der Waals surface area contributed by atoms with Crippen LogP contribution < -0.4 is 0 Å². The summed E-state index contributed by atoms with van der Waals surface area (Å²) in [4.78, 5) is 25.2. The quantitative estimate of drug-likeness (QED) is 0.486. The minimum atomic E-state index is -0.161. The number of carbonyl (C=O) groups excluding carboxylic acids is 1. The standard InChI is InChI=1S/C22H18ClN5O/c23-18-13-27-21-17(7-9-25-21)20(18)16-11-19(26-12-16)22(29)28(10-4-8-24)14-15-5-2-1-3-6-15/h1-3,5-7,9,11-13,26H,4,10,14H2,(H,25,27). The third kappa shape index (κ3) is 3.86. The summed E-state index contributed by atoms with van der Waals surface area (Å²) in [5.41, 5.74) is 3.82. The number of aromatic nitrogens is 3. The van der Waals surface area contributed by atoms with E-state index in [0.717, 1.165) is 27.7 Å². The highest BCUT2D eigenvalue weighted by Crippen LogP contribution is 2.34. The van der Waals surface area contributed by atoms with E-state index in [9.17, 15) is 4.79 Å². The van der Waals surface area contributed by atoms with Crippen molar-refractivity contribution in [2.24, 2.45) is 0 Å². The molecule has 1 aromatic carbocycles. The zero-order chi connectivity index (χ0) is 20.2. The Balaban J connectivity index is 1.64. The molecule has 0 spiro atoms. The highest BCUT2D eigenvalue weighted by Gasteiger charge is 2.20. The number of hydrogen-bond donors (Lipinski definition) is 2. The zero-order valence-electron chi connectivity index (χ0n) is 15.5. The summed E-state index contributed by atoms with van der Waals surface area (Å²) in [7, 11) is 0. The summed E-state index contributed by atoms with van der Waals surface area (Å²) in [6, 6.07) is 15.5. The fraction of sp³-hybridized carbons (Fsp3) is 0.136. The Labute approximate surface area is 172 Å². The van der Waals surface area contributed by atoms with Crippen LogP contribution in [0.4, 0.5) is 0 Å². The molecule has 0 bridgehead atoms. The Bertz CT molecular complexity index is 1190.